The molecule has 0 aromatic heterocycles. The Morgan fingerprint density at radius 1 is 1.31 bits per heavy atom. The van der Waals surface area contributed by atoms with Crippen LogP contribution in [-0.2, 0) is 0 Å². The zero-order chi connectivity index (χ0) is 9.26. The van der Waals surface area contributed by atoms with E-state index >= 15 is 0 Å². The van der Waals surface area contributed by atoms with Crippen LogP contribution in [0.1, 0.15) is 25.7 Å². The minimum atomic E-state index is 0.112. The van der Waals surface area contributed by atoms with Crippen molar-refractivity contribution in [2.45, 2.75) is 37.8 Å². The summed E-state index contributed by atoms with van der Waals surface area (Å²) in [5, 5.41) is 2.83. The van der Waals surface area contributed by atoms with E-state index in [4.69, 9.17) is 5.73 Å². The van der Waals surface area contributed by atoms with Gasteiger partial charge in [0.2, 0.25) is 0 Å². The fraction of sp³-hybridized carbons (Fsp3) is 0.889. The molecule has 0 atom stereocenters. The Labute approximate surface area is 78.5 Å². The Hall–Kier alpha value is -0.770. The van der Waals surface area contributed by atoms with Gasteiger partial charge in [-0.2, -0.15) is 0 Å². The minimum Gasteiger partial charge on any atom is -0.336 e. The van der Waals surface area contributed by atoms with Gasteiger partial charge in [0.05, 0.1) is 0 Å². The predicted octanol–water partition coefficient (Wildman–Crippen LogP) is 0.281. The molecular formula is C9H17N3O. The van der Waals surface area contributed by atoms with Crippen LogP contribution in [0.15, 0.2) is 0 Å². The number of hydrogen-bond donors (Lipinski definition) is 2. The molecule has 1 aliphatic heterocycles. The minimum absolute atomic E-state index is 0.112. The maximum Gasteiger partial charge on any atom is 0.317 e. The van der Waals surface area contributed by atoms with E-state index in [1.54, 1.807) is 0 Å². The van der Waals surface area contributed by atoms with E-state index in [2.05, 4.69) is 5.32 Å². The number of carbonyl (C=O) groups excluding carboxylic acids is 1. The number of nitrogens with two attached hydrogens (primary N) is 1. The first kappa shape index (κ1) is 8.81. The molecule has 2 fully saturated rings. The molecule has 2 amide bonds. The van der Waals surface area contributed by atoms with Crippen LogP contribution in [0.4, 0.5) is 4.79 Å². The molecule has 4 nitrogen and oxygen atoms in total. The Bertz CT molecular complexity index is 199. The van der Waals surface area contributed by atoms with Gasteiger partial charge in [0.15, 0.2) is 0 Å². The molecule has 2 rings (SSSR count). The Morgan fingerprint density at radius 2 is 2.00 bits per heavy atom. The normalized spacial score (nSPS) is 34.8. The lowest BCUT2D eigenvalue weighted by molar-refractivity contribution is 0.175. The lowest BCUT2D eigenvalue weighted by Crippen LogP contribution is -2.42. The predicted molar refractivity (Wildman–Crippen MR) is 50.3 cm³/mol. The Kier molecular flexibility index (Phi) is 2.40. The third-order valence-electron chi connectivity index (χ3n) is 3.07. The van der Waals surface area contributed by atoms with Crippen LogP contribution in [0, 0.1) is 0 Å². The van der Waals surface area contributed by atoms with Crippen molar-refractivity contribution in [1.29, 1.82) is 0 Å². The van der Waals surface area contributed by atoms with Crippen molar-refractivity contribution in [2.75, 3.05) is 13.1 Å². The second-order valence-corrected chi connectivity index (χ2v) is 3.99. The van der Waals surface area contributed by atoms with Crippen molar-refractivity contribution in [2.24, 2.45) is 5.73 Å². The third-order valence-corrected chi connectivity index (χ3v) is 3.07. The molecule has 1 saturated carbocycles. The van der Waals surface area contributed by atoms with Gasteiger partial charge < -0.3 is 16.0 Å². The second-order valence-electron chi connectivity index (χ2n) is 3.99. The highest BCUT2D eigenvalue weighted by Gasteiger charge is 2.30. The molecule has 13 heavy (non-hydrogen) atoms. The van der Waals surface area contributed by atoms with Gasteiger partial charge in [0.25, 0.3) is 0 Å². The number of amides is 2. The van der Waals surface area contributed by atoms with Crippen molar-refractivity contribution in [3.05, 3.63) is 0 Å². The van der Waals surface area contributed by atoms with Gasteiger partial charge in [-0.05, 0) is 25.7 Å². The van der Waals surface area contributed by atoms with E-state index in [1.807, 2.05) is 4.90 Å². The molecule has 3 N–H and O–H groups in total. The molecule has 0 aromatic rings. The fourth-order valence-corrected chi connectivity index (χ4v) is 2.25. The van der Waals surface area contributed by atoms with Crippen LogP contribution < -0.4 is 11.1 Å². The fourth-order valence-electron chi connectivity index (χ4n) is 2.25. The Morgan fingerprint density at radius 3 is 2.54 bits per heavy atom. The first-order valence-corrected chi connectivity index (χ1v) is 5.07. The molecule has 4 heteroatoms. The van der Waals surface area contributed by atoms with Crippen LogP contribution in [0.2, 0.25) is 0 Å². The smallest absolute Gasteiger partial charge is 0.317 e. The average molecular weight is 183 g/mol. The molecule has 74 valence electrons. The summed E-state index contributed by atoms with van der Waals surface area (Å²) in [6.07, 6.45) is 4.28. The first-order chi connectivity index (χ1) is 6.27. The highest BCUT2D eigenvalue weighted by atomic mass is 16.2. The maximum absolute atomic E-state index is 11.3. The van der Waals surface area contributed by atoms with Crippen molar-refractivity contribution in [3.8, 4) is 0 Å². The molecule has 2 aliphatic rings. The molecule has 0 aromatic carbocycles. The number of nitrogens with one attached hydrogen (secondary N) is 1. The van der Waals surface area contributed by atoms with Gasteiger partial charge in [-0.1, -0.05) is 0 Å². The van der Waals surface area contributed by atoms with E-state index in [1.165, 1.54) is 0 Å². The molecule has 1 aliphatic carbocycles. The zero-order valence-corrected chi connectivity index (χ0v) is 7.83. The van der Waals surface area contributed by atoms with Crippen LogP contribution in [0.5, 0.6) is 0 Å². The number of carbonyl (C=O) groups is 1. The maximum atomic E-state index is 11.3. The SMILES string of the molecule is N[C@H]1CC[C@@H](N2CCNC2=O)CC1. The van der Waals surface area contributed by atoms with Crippen LogP contribution >= 0.6 is 0 Å². The standard InChI is InChI=1S/C9H17N3O/c10-7-1-3-8(4-2-7)12-6-5-11-9(12)13/h7-8H,1-6,10H2,(H,11,13)/t7-,8+. The van der Waals surface area contributed by atoms with Crippen molar-refractivity contribution in [3.63, 3.8) is 0 Å². The molecule has 0 spiro atoms. The molecule has 0 radical (unpaired) electrons. The number of nitrogens with zero attached hydrogens (tertiary/aromatic N) is 1. The summed E-state index contributed by atoms with van der Waals surface area (Å²) in [6.45, 7) is 1.68. The van der Waals surface area contributed by atoms with E-state index in [9.17, 15) is 4.79 Å². The summed E-state index contributed by atoms with van der Waals surface area (Å²) >= 11 is 0. The Balaban J connectivity index is 1.90. The van der Waals surface area contributed by atoms with Gasteiger partial charge in [-0.15, -0.1) is 0 Å². The molecule has 0 unspecified atom stereocenters. The van der Waals surface area contributed by atoms with E-state index in [-0.39, 0.29) is 6.03 Å². The molecular weight excluding hydrogens is 166 g/mol. The molecule has 1 heterocycles. The van der Waals surface area contributed by atoms with Gasteiger partial charge in [0, 0.05) is 25.2 Å². The monoisotopic (exact) mass is 183 g/mol. The topological polar surface area (TPSA) is 58.4 Å². The van der Waals surface area contributed by atoms with E-state index in [0.29, 0.717) is 12.1 Å². The van der Waals surface area contributed by atoms with Gasteiger partial charge in [-0.25, -0.2) is 4.79 Å². The molecule has 1 saturated heterocycles. The van der Waals surface area contributed by atoms with E-state index in [0.717, 1.165) is 38.8 Å². The average Bonchev–Trinajstić information content (AvgIpc) is 2.53. The zero-order valence-electron chi connectivity index (χ0n) is 7.83. The largest absolute Gasteiger partial charge is 0.336 e. The van der Waals surface area contributed by atoms with Crippen LogP contribution in [0.25, 0.3) is 0 Å². The van der Waals surface area contributed by atoms with Gasteiger partial charge >= 0.3 is 6.03 Å². The lowest BCUT2D eigenvalue weighted by atomic mass is 9.91. The van der Waals surface area contributed by atoms with Crippen molar-refractivity contribution < 1.29 is 4.79 Å². The summed E-state index contributed by atoms with van der Waals surface area (Å²) in [6, 6.07) is 0.921. The van der Waals surface area contributed by atoms with Crippen molar-refractivity contribution >= 4 is 6.03 Å². The van der Waals surface area contributed by atoms with E-state index < -0.39 is 0 Å². The third kappa shape index (κ3) is 1.77. The summed E-state index contributed by atoms with van der Waals surface area (Å²) in [5.41, 5.74) is 5.81. The molecule has 0 bridgehead atoms. The number of urea groups is 1. The van der Waals surface area contributed by atoms with Crippen LogP contribution in [0.3, 0.4) is 0 Å². The highest BCUT2D eigenvalue weighted by molar-refractivity contribution is 5.76. The number of hydrogen-bond acceptors (Lipinski definition) is 2. The van der Waals surface area contributed by atoms with Gasteiger partial charge in [-0.3, -0.25) is 0 Å². The highest BCUT2D eigenvalue weighted by Crippen LogP contribution is 2.22. The van der Waals surface area contributed by atoms with Crippen molar-refractivity contribution in [1.82, 2.24) is 10.2 Å². The quantitative estimate of drug-likeness (QED) is 0.613. The summed E-state index contributed by atoms with van der Waals surface area (Å²) < 4.78 is 0. The summed E-state index contributed by atoms with van der Waals surface area (Å²) in [7, 11) is 0. The summed E-state index contributed by atoms with van der Waals surface area (Å²) in [5.74, 6) is 0. The summed E-state index contributed by atoms with van der Waals surface area (Å²) in [4.78, 5) is 13.3. The van der Waals surface area contributed by atoms with Gasteiger partial charge in [0.1, 0.15) is 0 Å². The number of rotatable bonds is 1. The lowest BCUT2D eigenvalue weighted by Gasteiger charge is -2.32. The second kappa shape index (κ2) is 3.54. The first-order valence-electron chi connectivity index (χ1n) is 5.07. The van der Waals surface area contributed by atoms with Crippen LogP contribution in [-0.4, -0.2) is 36.1 Å².